The van der Waals surface area contributed by atoms with Gasteiger partial charge in [-0.1, -0.05) is 12.1 Å². The fourth-order valence-electron chi connectivity index (χ4n) is 1.89. The van der Waals surface area contributed by atoms with Crippen molar-refractivity contribution in [2.75, 3.05) is 0 Å². The third-order valence-corrected chi connectivity index (χ3v) is 2.97. The summed E-state index contributed by atoms with van der Waals surface area (Å²) in [6, 6.07) is 7.42. The van der Waals surface area contributed by atoms with Crippen LogP contribution < -0.4 is 0 Å². The molecule has 2 aromatic carbocycles. The highest BCUT2D eigenvalue weighted by atomic mass is 19.4. The maximum atomic E-state index is 12.5. The van der Waals surface area contributed by atoms with Gasteiger partial charge in [-0.15, -0.1) is 0 Å². The molecular weight excluding hydrogens is 301 g/mol. The lowest BCUT2D eigenvalue weighted by Gasteiger charge is -2.09. The summed E-state index contributed by atoms with van der Waals surface area (Å²) in [5, 5.41) is 17.9. The van der Waals surface area contributed by atoms with E-state index in [4.69, 9.17) is 10.2 Å². The Balaban J connectivity index is 2.52. The first-order valence-electron chi connectivity index (χ1n) is 5.98. The Hall–Kier alpha value is -2.83. The smallest absolute Gasteiger partial charge is 0.416 e. The summed E-state index contributed by atoms with van der Waals surface area (Å²) in [6.07, 6.45) is -4.48. The van der Waals surface area contributed by atoms with Crippen molar-refractivity contribution in [3.8, 4) is 11.1 Å². The Labute approximate surface area is 122 Å². The fraction of sp³-hybridized carbons (Fsp3) is 0.0667. The van der Waals surface area contributed by atoms with E-state index in [2.05, 4.69) is 0 Å². The van der Waals surface area contributed by atoms with Gasteiger partial charge in [0.15, 0.2) is 0 Å². The molecule has 0 amide bonds. The standard InChI is InChI=1S/C15H9F3O4/c16-15(17,18)12-3-1-8(2-4-12)9-5-10(13(19)20)7-11(6-9)14(21)22/h1-7H,(H,19,20)(H,21,22). The molecule has 0 aliphatic heterocycles. The predicted octanol–water partition coefficient (Wildman–Crippen LogP) is 3.77. The second kappa shape index (κ2) is 5.51. The van der Waals surface area contributed by atoms with E-state index in [9.17, 15) is 22.8 Å². The number of alkyl halides is 3. The molecular formula is C15H9F3O4. The van der Waals surface area contributed by atoms with Crippen LogP contribution in [0.15, 0.2) is 42.5 Å². The fourth-order valence-corrected chi connectivity index (χ4v) is 1.89. The summed E-state index contributed by atoms with van der Waals surface area (Å²) in [5.74, 6) is -2.65. The number of aromatic carboxylic acids is 2. The monoisotopic (exact) mass is 310 g/mol. The second-order valence-corrected chi connectivity index (χ2v) is 4.48. The van der Waals surface area contributed by atoms with Crippen LogP contribution in [0.5, 0.6) is 0 Å². The minimum atomic E-state index is -4.48. The highest BCUT2D eigenvalue weighted by Gasteiger charge is 2.30. The maximum absolute atomic E-state index is 12.5. The van der Waals surface area contributed by atoms with Crippen LogP contribution in [-0.4, -0.2) is 22.2 Å². The largest absolute Gasteiger partial charge is 0.478 e. The lowest BCUT2D eigenvalue weighted by molar-refractivity contribution is -0.137. The van der Waals surface area contributed by atoms with Crippen molar-refractivity contribution in [3.05, 3.63) is 59.2 Å². The Morgan fingerprint density at radius 3 is 1.59 bits per heavy atom. The quantitative estimate of drug-likeness (QED) is 0.905. The van der Waals surface area contributed by atoms with E-state index in [-0.39, 0.29) is 16.7 Å². The molecule has 0 bridgehead atoms. The molecule has 0 radical (unpaired) electrons. The number of rotatable bonds is 3. The third kappa shape index (κ3) is 3.25. The SMILES string of the molecule is O=C(O)c1cc(C(=O)O)cc(-c2ccc(C(F)(F)F)cc2)c1. The van der Waals surface area contributed by atoms with E-state index in [1.165, 1.54) is 12.1 Å². The van der Waals surface area contributed by atoms with Gasteiger partial charge in [0.2, 0.25) is 0 Å². The van der Waals surface area contributed by atoms with Crippen molar-refractivity contribution in [1.29, 1.82) is 0 Å². The van der Waals surface area contributed by atoms with E-state index in [0.717, 1.165) is 30.3 Å². The normalized spacial score (nSPS) is 11.2. The molecule has 0 fully saturated rings. The van der Waals surface area contributed by atoms with Crippen molar-refractivity contribution in [3.63, 3.8) is 0 Å². The average molecular weight is 310 g/mol. The Kier molecular flexibility index (Phi) is 3.90. The van der Waals surface area contributed by atoms with Gasteiger partial charge >= 0.3 is 18.1 Å². The molecule has 0 saturated carbocycles. The van der Waals surface area contributed by atoms with Gasteiger partial charge in [0, 0.05) is 0 Å². The number of carboxylic acids is 2. The molecule has 0 saturated heterocycles. The molecule has 0 atom stereocenters. The average Bonchev–Trinajstić information content (AvgIpc) is 2.46. The molecule has 114 valence electrons. The number of hydrogen-bond acceptors (Lipinski definition) is 2. The van der Waals surface area contributed by atoms with Crippen molar-refractivity contribution in [2.45, 2.75) is 6.18 Å². The highest BCUT2D eigenvalue weighted by molar-refractivity contribution is 5.96. The number of benzene rings is 2. The molecule has 0 aliphatic rings. The van der Waals surface area contributed by atoms with Crippen LogP contribution in [0.25, 0.3) is 11.1 Å². The Bertz CT molecular complexity index is 701. The van der Waals surface area contributed by atoms with E-state index in [1.54, 1.807) is 0 Å². The zero-order valence-corrected chi connectivity index (χ0v) is 10.9. The molecule has 0 aromatic heterocycles. The molecule has 2 N–H and O–H groups in total. The molecule has 0 heterocycles. The van der Waals surface area contributed by atoms with Gasteiger partial charge in [0.25, 0.3) is 0 Å². The third-order valence-electron chi connectivity index (χ3n) is 2.97. The topological polar surface area (TPSA) is 74.6 Å². The van der Waals surface area contributed by atoms with E-state index in [1.807, 2.05) is 0 Å². The molecule has 4 nitrogen and oxygen atoms in total. The summed E-state index contributed by atoms with van der Waals surface area (Å²) in [6.45, 7) is 0. The molecule has 7 heteroatoms. The zero-order chi connectivity index (χ0) is 16.5. The number of carboxylic acid groups (broad SMARTS) is 2. The van der Waals surface area contributed by atoms with Crippen molar-refractivity contribution < 1.29 is 33.0 Å². The molecule has 2 aromatic rings. The summed E-state index contributed by atoms with van der Waals surface area (Å²) < 4.78 is 37.5. The summed E-state index contributed by atoms with van der Waals surface area (Å²) in [7, 11) is 0. The minimum Gasteiger partial charge on any atom is -0.478 e. The van der Waals surface area contributed by atoms with Gasteiger partial charge in [-0.2, -0.15) is 13.2 Å². The number of hydrogen-bond donors (Lipinski definition) is 2. The molecule has 2 rings (SSSR count). The lowest BCUT2D eigenvalue weighted by Crippen LogP contribution is -2.05. The Morgan fingerprint density at radius 1 is 0.773 bits per heavy atom. The summed E-state index contributed by atoms with van der Waals surface area (Å²) in [5.41, 5.74) is -0.849. The van der Waals surface area contributed by atoms with Gasteiger partial charge in [-0.25, -0.2) is 9.59 Å². The van der Waals surface area contributed by atoms with Crippen molar-refractivity contribution in [1.82, 2.24) is 0 Å². The van der Waals surface area contributed by atoms with Crippen LogP contribution in [0.2, 0.25) is 0 Å². The minimum absolute atomic E-state index is 0.214. The first-order chi connectivity index (χ1) is 10.2. The van der Waals surface area contributed by atoms with Gasteiger partial charge in [0.1, 0.15) is 0 Å². The summed E-state index contributed by atoms with van der Waals surface area (Å²) >= 11 is 0. The first-order valence-corrected chi connectivity index (χ1v) is 5.98. The number of carbonyl (C=O) groups is 2. The van der Waals surface area contributed by atoms with Crippen LogP contribution in [0.1, 0.15) is 26.3 Å². The van der Waals surface area contributed by atoms with Crippen LogP contribution >= 0.6 is 0 Å². The summed E-state index contributed by atoms with van der Waals surface area (Å²) in [4.78, 5) is 22.0. The van der Waals surface area contributed by atoms with Gasteiger partial charge in [0.05, 0.1) is 16.7 Å². The predicted molar refractivity (Wildman–Crippen MR) is 70.8 cm³/mol. The molecule has 0 unspecified atom stereocenters. The molecule has 22 heavy (non-hydrogen) atoms. The first kappa shape index (κ1) is 15.6. The van der Waals surface area contributed by atoms with E-state index >= 15 is 0 Å². The second-order valence-electron chi connectivity index (χ2n) is 4.48. The van der Waals surface area contributed by atoms with Gasteiger partial charge in [-0.3, -0.25) is 0 Å². The highest BCUT2D eigenvalue weighted by Crippen LogP contribution is 2.31. The molecule has 0 spiro atoms. The van der Waals surface area contributed by atoms with Gasteiger partial charge in [-0.05, 0) is 41.5 Å². The Morgan fingerprint density at radius 2 is 1.23 bits per heavy atom. The van der Waals surface area contributed by atoms with Crippen molar-refractivity contribution >= 4 is 11.9 Å². The van der Waals surface area contributed by atoms with Crippen LogP contribution in [-0.2, 0) is 6.18 Å². The van der Waals surface area contributed by atoms with E-state index < -0.39 is 23.7 Å². The maximum Gasteiger partial charge on any atom is 0.416 e. The van der Waals surface area contributed by atoms with Crippen LogP contribution in [0.3, 0.4) is 0 Å². The lowest BCUT2D eigenvalue weighted by atomic mass is 9.98. The molecule has 0 aliphatic carbocycles. The van der Waals surface area contributed by atoms with Crippen molar-refractivity contribution in [2.24, 2.45) is 0 Å². The van der Waals surface area contributed by atoms with Crippen LogP contribution in [0.4, 0.5) is 13.2 Å². The van der Waals surface area contributed by atoms with Crippen LogP contribution in [0, 0.1) is 0 Å². The van der Waals surface area contributed by atoms with E-state index in [0.29, 0.717) is 5.56 Å². The number of halogens is 3. The zero-order valence-electron chi connectivity index (χ0n) is 10.9. The van der Waals surface area contributed by atoms with Gasteiger partial charge < -0.3 is 10.2 Å².